The van der Waals surface area contributed by atoms with Gasteiger partial charge in [-0.2, -0.15) is 0 Å². The standard InChI is InChI=1S/C20H32O4/c1-15(2)17(8-7-16(3)21)9-13-19(4,23)11-6-12-20(5)14-10-18(22)24-20/h6,9,12-13,15,17,23H,7-8,10-11,14H2,1-5H3/b12-6+,13-9+/t17-,19+,20+/m1/s1. The zero-order valence-corrected chi connectivity index (χ0v) is 15.7. The van der Waals surface area contributed by atoms with Gasteiger partial charge >= 0.3 is 5.97 Å². The number of allylic oxidation sites excluding steroid dienone is 1. The molecule has 0 aliphatic carbocycles. The number of Topliss-reactive ketones (excluding diaryl/α,β-unsaturated/α-hetero) is 1. The van der Waals surface area contributed by atoms with Crippen molar-refractivity contribution in [3.8, 4) is 0 Å². The van der Waals surface area contributed by atoms with Gasteiger partial charge in [-0.15, -0.1) is 0 Å². The van der Waals surface area contributed by atoms with E-state index in [4.69, 9.17) is 4.74 Å². The van der Waals surface area contributed by atoms with E-state index in [9.17, 15) is 14.7 Å². The predicted molar refractivity (Wildman–Crippen MR) is 95.5 cm³/mol. The summed E-state index contributed by atoms with van der Waals surface area (Å²) in [5.41, 5.74) is -1.50. The number of esters is 1. The van der Waals surface area contributed by atoms with Crippen LogP contribution in [0.15, 0.2) is 24.3 Å². The lowest BCUT2D eigenvalue weighted by Crippen LogP contribution is -2.23. The minimum atomic E-state index is -0.959. The quantitative estimate of drug-likeness (QED) is 0.511. The highest BCUT2D eigenvalue weighted by molar-refractivity contribution is 5.75. The third-order valence-electron chi connectivity index (χ3n) is 4.56. The summed E-state index contributed by atoms with van der Waals surface area (Å²) < 4.78 is 5.29. The van der Waals surface area contributed by atoms with Gasteiger partial charge in [-0.25, -0.2) is 0 Å². The molecule has 0 aromatic rings. The first-order valence-electron chi connectivity index (χ1n) is 8.84. The lowest BCUT2D eigenvalue weighted by molar-refractivity contribution is -0.144. The molecular formula is C20H32O4. The average molecular weight is 336 g/mol. The van der Waals surface area contributed by atoms with Gasteiger partial charge in [0.15, 0.2) is 0 Å². The molecule has 24 heavy (non-hydrogen) atoms. The average Bonchev–Trinajstić information content (AvgIpc) is 2.77. The van der Waals surface area contributed by atoms with Crippen LogP contribution in [0.2, 0.25) is 0 Å². The molecule has 1 rings (SSSR count). The summed E-state index contributed by atoms with van der Waals surface area (Å²) in [5.74, 6) is 0.726. The van der Waals surface area contributed by atoms with Crippen LogP contribution in [0, 0.1) is 11.8 Å². The van der Waals surface area contributed by atoms with Crippen molar-refractivity contribution in [1.82, 2.24) is 0 Å². The zero-order valence-electron chi connectivity index (χ0n) is 15.7. The van der Waals surface area contributed by atoms with Gasteiger partial charge in [0.2, 0.25) is 0 Å². The molecule has 1 aliphatic heterocycles. The molecule has 4 nitrogen and oxygen atoms in total. The highest BCUT2D eigenvalue weighted by atomic mass is 16.6. The predicted octanol–water partition coefficient (Wildman–Crippen LogP) is 3.98. The van der Waals surface area contributed by atoms with Crippen LogP contribution in [-0.2, 0) is 14.3 Å². The number of hydrogen-bond donors (Lipinski definition) is 1. The molecule has 4 heteroatoms. The maximum Gasteiger partial charge on any atom is 0.306 e. The normalized spacial score (nSPS) is 25.4. The van der Waals surface area contributed by atoms with Crippen LogP contribution in [0.3, 0.4) is 0 Å². The van der Waals surface area contributed by atoms with Gasteiger partial charge in [-0.1, -0.05) is 32.1 Å². The van der Waals surface area contributed by atoms with Crippen molar-refractivity contribution in [3.63, 3.8) is 0 Å². The Balaban J connectivity index is 2.59. The summed E-state index contributed by atoms with van der Waals surface area (Å²) >= 11 is 0. The lowest BCUT2D eigenvalue weighted by Gasteiger charge is -2.22. The van der Waals surface area contributed by atoms with E-state index >= 15 is 0 Å². The lowest BCUT2D eigenvalue weighted by atomic mass is 9.88. The van der Waals surface area contributed by atoms with E-state index in [0.717, 1.165) is 6.42 Å². The third-order valence-corrected chi connectivity index (χ3v) is 4.56. The van der Waals surface area contributed by atoms with Gasteiger partial charge in [0.05, 0.1) is 5.60 Å². The molecular weight excluding hydrogens is 304 g/mol. The van der Waals surface area contributed by atoms with Crippen LogP contribution in [0.1, 0.15) is 66.7 Å². The number of hydrogen-bond acceptors (Lipinski definition) is 4. The van der Waals surface area contributed by atoms with E-state index in [1.807, 2.05) is 31.2 Å². The number of rotatable bonds is 9. The van der Waals surface area contributed by atoms with Crippen molar-refractivity contribution < 1.29 is 19.4 Å². The summed E-state index contributed by atoms with van der Waals surface area (Å²) in [6.45, 7) is 9.51. The molecule has 136 valence electrons. The Labute approximate surface area is 146 Å². The molecule has 1 heterocycles. The fourth-order valence-electron chi connectivity index (χ4n) is 2.80. The maximum absolute atomic E-state index is 11.2. The summed E-state index contributed by atoms with van der Waals surface area (Å²) in [4.78, 5) is 22.4. The first-order chi connectivity index (χ1) is 11.0. The molecule has 0 saturated carbocycles. The highest BCUT2D eigenvalue weighted by Crippen LogP contribution is 2.28. The van der Waals surface area contributed by atoms with Crippen LogP contribution < -0.4 is 0 Å². The second-order valence-corrected chi connectivity index (χ2v) is 7.76. The first-order valence-corrected chi connectivity index (χ1v) is 8.84. The molecule has 0 aromatic heterocycles. The van der Waals surface area contributed by atoms with E-state index in [1.165, 1.54) is 0 Å². The SMILES string of the molecule is CC(=O)CC[C@H](/C=C/[C@@](C)(O)C/C=C/[C@@]1(C)CCC(=O)O1)C(C)C. The van der Waals surface area contributed by atoms with Crippen LogP contribution in [-0.4, -0.2) is 28.1 Å². The molecule has 0 radical (unpaired) electrons. The van der Waals surface area contributed by atoms with Gasteiger partial charge in [0.1, 0.15) is 11.4 Å². The van der Waals surface area contributed by atoms with E-state index in [1.54, 1.807) is 13.8 Å². The molecule has 3 atom stereocenters. The van der Waals surface area contributed by atoms with E-state index in [2.05, 4.69) is 13.8 Å². The smallest absolute Gasteiger partial charge is 0.306 e. The van der Waals surface area contributed by atoms with Crippen molar-refractivity contribution >= 4 is 11.8 Å². The third kappa shape index (κ3) is 7.43. The second kappa shape index (κ2) is 8.61. The molecule has 0 spiro atoms. The summed E-state index contributed by atoms with van der Waals surface area (Å²) in [6, 6.07) is 0. The zero-order chi connectivity index (χ0) is 18.4. The van der Waals surface area contributed by atoms with Gasteiger partial charge < -0.3 is 14.6 Å². The maximum atomic E-state index is 11.2. The second-order valence-electron chi connectivity index (χ2n) is 7.76. The monoisotopic (exact) mass is 336 g/mol. The Bertz CT molecular complexity index is 502. The van der Waals surface area contributed by atoms with Crippen molar-refractivity contribution in [1.29, 1.82) is 0 Å². The fourth-order valence-corrected chi connectivity index (χ4v) is 2.80. The molecule has 0 bridgehead atoms. The minimum absolute atomic E-state index is 0.168. The van der Waals surface area contributed by atoms with E-state index in [0.29, 0.717) is 31.6 Å². The summed E-state index contributed by atoms with van der Waals surface area (Å²) in [5, 5.41) is 10.5. The number of carbonyl (C=O) groups is 2. The minimum Gasteiger partial charge on any atom is -0.455 e. The number of ether oxygens (including phenoxy) is 1. The molecule has 1 fully saturated rings. The van der Waals surface area contributed by atoms with Crippen molar-refractivity contribution in [2.75, 3.05) is 0 Å². The molecule has 1 N–H and O–H groups in total. The van der Waals surface area contributed by atoms with Gasteiger partial charge in [0.25, 0.3) is 0 Å². The van der Waals surface area contributed by atoms with Crippen molar-refractivity contribution in [2.45, 2.75) is 77.9 Å². The number of cyclic esters (lactones) is 1. The molecule has 0 aromatic carbocycles. The largest absolute Gasteiger partial charge is 0.455 e. The Morgan fingerprint density at radius 1 is 1.46 bits per heavy atom. The Hall–Kier alpha value is -1.42. The fraction of sp³-hybridized carbons (Fsp3) is 0.700. The van der Waals surface area contributed by atoms with Crippen LogP contribution in [0.25, 0.3) is 0 Å². The van der Waals surface area contributed by atoms with Gasteiger partial charge in [0, 0.05) is 19.3 Å². The summed E-state index contributed by atoms with van der Waals surface area (Å²) in [6.07, 6.45) is 10.6. The van der Waals surface area contributed by atoms with Gasteiger partial charge in [-0.05, 0) is 51.5 Å². The topological polar surface area (TPSA) is 63.6 Å². The number of carbonyl (C=O) groups excluding carboxylic acids is 2. The van der Waals surface area contributed by atoms with Gasteiger partial charge in [-0.3, -0.25) is 4.79 Å². The molecule has 1 saturated heterocycles. The number of ketones is 1. The van der Waals surface area contributed by atoms with Crippen LogP contribution in [0.5, 0.6) is 0 Å². The van der Waals surface area contributed by atoms with E-state index < -0.39 is 11.2 Å². The molecule has 0 unspecified atom stereocenters. The molecule has 0 amide bonds. The van der Waals surface area contributed by atoms with Crippen molar-refractivity contribution in [2.24, 2.45) is 11.8 Å². The Morgan fingerprint density at radius 3 is 2.62 bits per heavy atom. The first kappa shape index (κ1) is 20.6. The Morgan fingerprint density at radius 2 is 2.12 bits per heavy atom. The number of aliphatic hydroxyl groups is 1. The molecule has 1 aliphatic rings. The van der Waals surface area contributed by atoms with Crippen LogP contribution >= 0.6 is 0 Å². The van der Waals surface area contributed by atoms with Crippen molar-refractivity contribution in [3.05, 3.63) is 24.3 Å². The van der Waals surface area contributed by atoms with Crippen LogP contribution in [0.4, 0.5) is 0 Å². The summed E-state index contributed by atoms with van der Waals surface area (Å²) in [7, 11) is 0. The highest BCUT2D eigenvalue weighted by Gasteiger charge is 2.33. The van der Waals surface area contributed by atoms with E-state index in [-0.39, 0.29) is 17.7 Å². The Kier molecular flexibility index (Phi) is 7.40.